The van der Waals surface area contributed by atoms with Gasteiger partial charge >= 0.3 is 5.97 Å². The predicted octanol–water partition coefficient (Wildman–Crippen LogP) is 3.45. The first-order chi connectivity index (χ1) is 8.25. The first-order valence-corrected chi connectivity index (χ1v) is 5.32. The van der Waals surface area contributed by atoms with Gasteiger partial charge in [-0.2, -0.15) is 0 Å². The van der Waals surface area contributed by atoms with E-state index in [9.17, 15) is 4.79 Å². The topological polar surface area (TPSA) is 37.3 Å². The van der Waals surface area contributed by atoms with Crippen molar-refractivity contribution < 1.29 is 9.90 Å². The Balaban J connectivity index is 2.32. The van der Waals surface area contributed by atoms with Gasteiger partial charge in [0.15, 0.2) is 0 Å². The molecule has 1 N–H and O–H groups in total. The summed E-state index contributed by atoms with van der Waals surface area (Å²) in [5, 5.41) is 8.57. The largest absolute Gasteiger partial charge is 0.478 e. The lowest BCUT2D eigenvalue weighted by Gasteiger charge is -2.02. The highest BCUT2D eigenvalue weighted by molar-refractivity contribution is 5.85. The highest BCUT2D eigenvalue weighted by atomic mass is 16.4. The molecule has 0 saturated carbocycles. The minimum Gasteiger partial charge on any atom is -0.478 e. The Morgan fingerprint density at radius 2 is 1.65 bits per heavy atom. The molecule has 2 rings (SSSR count). The summed E-state index contributed by atoms with van der Waals surface area (Å²) in [4.78, 5) is 10.4. The van der Waals surface area contributed by atoms with Crippen molar-refractivity contribution >= 4 is 12.0 Å². The van der Waals surface area contributed by atoms with Crippen molar-refractivity contribution in [1.29, 1.82) is 0 Å². The van der Waals surface area contributed by atoms with E-state index in [1.165, 1.54) is 0 Å². The monoisotopic (exact) mass is 224 g/mol. The summed E-state index contributed by atoms with van der Waals surface area (Å²) in [6, 6.07) is 17.8. The second kappa shape index (κ2) is 5.12. The van der Waals surface area contributed by atoms with Crippen LogP contribution in [-0.2, 0) is 4.79 Å². The molecule has 2 heteroatoms. The van der Waals surface area contributed by atoms with Crippen LogP contribution in [0.4, 0.5) is 0 Å². The first kappa shape index (κ1) is 11.1. The van der Waals surface area contributed by atoms with Crippen molar-refractivity contribution in [2.75, 3.05) is 0 Å². The van der Waals surface area contributed by atoms with Crippen LogP contribution in [0.5, 0.6) is 0 Å². The SMILES string of the molecule is O=C(O)/C=C/c1cccc(-c2ccccc2)c1. The third kappa shape index (κ3) is 3.05. The van der Waals surface area contributed by atoms with Crippen LogP contribution in [0.25, 0.3) is 17.2 Å². The Morgan fingerprint density at radius 3 is 2.35 bits per heavy atom. The number of hydrogen-bond donors (Lipinski definition) is 1. The molecule has 0 atom stereocenters. The second-order valence-electron chi connectivity index (χ2n) is 3.66. The zero-order valence-corrected chi connectivity index (χ0v) is 9.21. The maximum absolute atomic E-state index is 10.4. The van der Waals surface area contributed by atoms with Gasteiger partial charge in [-0.25, -0.2) is 4.79 Å². The maximum Gasteiger partial charge on any atom is 0.328 e. The number of aliphatic carboxylic acids is 1. The van der Waals surface area contributed by atoms with E-state index in [2.05, 4.69) is 0 Å². The predicted molar refractivity (Wildman–Crippen MR) is 68.5 cm³/mol. The molecule has 2 aromatic carbocycles. The van der Waals surface area contributed by atoms with E-state index in [4.69, 9.17) is 5.11 Å². The molecule has 0 aliphatic rings. The van der Waals surface area contributed by atoms with Gasteiger partial charge in [-0.15, -0.1) is 0 Å². The third-order valence-electron chi connectivity index (χ3n) is 2.41. The number of carboxylic acid groups (broad SMARTS) is 1. The molecule has 0 amide bonds. The molecule has 0 aromatic heterocycles. The minimum absolute atomic E-state index is 0.883. The highest BCUT2D eigenvalue weighted by Gasteiger charge is 1.97. The summed E-state index contributed by atoms with van der Waals surface area (Å²) >= 11 is 0. The summed E-state index contributed by atoms with van der Waals surface area (Å²) in [5.41, 5.74) is 3.09. The normalized spacial score (nSPS) is 10.6. The van der Waals surface area contributed by atoms with E-state index >= 15 is 0 Å². The number of benzene rings is 2. The maximum atomic E-state index is 10.4. The number of carboxylic acids is 1. The average molecular weight is 224 g/mol. The Bertz CT molecular complexity index is 542. The third-order valence-corrected chi connectivity index (χ3v) is 2.41. The Morgan fingerprint density at radius 1 is 0.941 bits per heavy atom. The van der Waals surface area contributed by atoms with Gasteiger partial charge in [-0.3, -0.25) is 0 Å². The van der Waals surface area contributed by atoms with Crippen LogP contribution in [-0.4, -0.2) is 11.1 Å². The van der Waals surface area contributed by atoms with Crippen molar-refractivity contribution in [3.8, 4) is 11.1 Å². The number of carbonyl (C=O) groups is 1. The van der Waals surface area contributed by atoms with E-state index in [0.29, 0.717) is 0 Å². The fourth-order valence-electron chi connectivity index (χ4n) is 1.62. The van der Waals surface area contributed by atoms with Crippen molar-refractivity contribution in [2.45, 2.75) is 0 Å². The fourth-order valence-corrected chi connectivity index (χ4v) is 1.62. The number of hydrogen-bond acceptors (Lipinski definition) is 1. The quantitative estimate of drug-likeness (QED) is 0.811. The van der Waals surface area contributed by atoms with Crippen molar-refractivity contribution in [3.63, 3.8) is 0 Å². The smallest absolute Gasteiger partial charge is 0.328 e. The van der Waals surface area contributed by atoms with Gasteiger partial charge in [0, 0.05) is 6.08 Å². The van der Waals surface area contributed by atoms with Gasteiger partial charge in [0.2, 0.25) is 0 Å². The van der Waals surface area contributed by atoms with E-state index in [0.717, 1.165) is 22.8 Å². The molecule has 0 heterocycles. The first-order valence-electron chi connectivity index (χ1n) is 5.32. The van der Waals surface area contributed by atoms with Crippen LogP contribution >= 0.6 is 0 Å². The van der Waals surface area contributed by atoms with E-state index in [1.54, 1.807) is 6.08 Å². The number of rotatable bonds is 3. The van der Waals surface area contributed by atoms with E-state index < -0.39 is 5.97 Å². The van der Waals surface area contributed by atoms with Crippen LogP contribution in [0.15, 0.2) is 60.7 Å². The summed E-state index contributed by atoms with van der Waals surface area (Å²) in [6.45, 7) is 0. The molecule has 0 aliphatic heterocycles. The summed E-state index contributed by atoms with van der Waals surface area (Å²) in [5.74, 6) is -0.935. The summed E-state index contributed by atoms with van der Waals surface area (Å²) < 4.78 is 0. The Labute approximate surface area is 99.8 Å². The average Bonchev–Trinajstić information content (AvgIpc) is 2.38. The molecule has 0 spiro atoms. The van der Waals surface area contributed by atoms with Gasteiger partial charge in [-0.05, 0) is 28.8 Å². The molecule has 0 bridgehead atoms. The molecule has 0 fully saturated rings. The summed E-state index contributed by atoms with van der Waals surface area (Å²) in [6.07, 6.45) is 2.74. The van der Waals surface area contributed by atoms with Gasteiger partial charge < -0.3 is 5.11 Å². The molecule has 0 aliphatic carbocycles. The van der Waals surface area contributed by atoms with E-state index in [-0.39, 0.29) is 0 Å². The lowest BCUT2D eigenvalue weighted by Crippen LogP contribution is -1.86. The molecular formula is C15H12O2. The van der Waals surface area contributed by atoms with Gasteiger partial charge in [0.25, 0.3) is 0 Å². The van der Waals surface area contributed by atoms with Crippen LogP contribution in [0, 0.1) is 0 Å². The van der Waals surface area contributed by atoms with Crippen molar-refractivity contribution in [3.05, 3.63) is 66.2 Å². The van der Waals surface area contributed by atoms with E-state index in [1.807, 2.05) is 54.6 Å². The molecule has 0 unspecified atom stereocenters. The lowest BCUT2D eigenvalue weighted by atomic mass is 10.0. The van der Waals surface area contributed by atoms with Gasteiger partial charge in [0.05, 0.1) is 0 Å². The molecule has 17 heavy (non-hydrogen) atoms. The molecule has 84 valence electrons. The molecule has 0 radical (unpaired) electrons. The Hall–Kier alpha value is -2.35. The zero-order valence-electron chi connectivity index (χ0n) is 9.21. The lowest BCUT2D eigenvalue weighted by molar-refractivity contribution is -0.131. The molecular weight excluding hydrogens is 212 g/mol. The van der Waals surface area contributed by atoms with Crippen molar-refractivity contribution in [2.24, 2.45) is 0 Å². The van der Waals surface area contributed by atoms with Crippen molar-refractivity contribution in [1.82, 2.24) is 0 Å². The van der Waals surface area contributed by atoms with Gasteiger partial charge in [0.1, 0.15) is 0 Å². The van der Waals surface area contributed by atoms with Crippen LogP contribution in [0.3, 0.4) is 0 Å². The minimum atomic E-state index is -0.935. The van der Waals surface area contributed by atoms with Gasteiger partial charge in [-0.1, -0.05) is 48.5 Å². The standard InChI is InChI=1S/C15H12O2/c16-15(17)10-9-12-5-4-8-14(11-12)13-6-2-1-3-7-13/h1-11H,(H,16,17)/b10-9+. The van der Waals surface area contributed by atoms with Crippen LogP contribution in [0.1, 0.15) is 5.56 Å². The zero-order chi connectivity index (χ0) is 12.1. The highest BCUT2D eigenvalue weighted by Crippen LogP contribution is 2.20. The van der Waals surface area contributed by atoms with Crippen LogP contribution in [0.2, 0.25) is 0 Å². The Kier molecular flexibility index (Phi) is 3.36. The molecule has 0 saturated heterocycles. The fraction of sp³-hybridized carbons (Fsp3) is 0. The molecule has 2 aromatic rings. The second-order valence-corrected chi connectivity index (χ2v) is 3.66. The summed E-state index contributed by atoms with van der Waals surface area (Å²) in [7, 11) is 0. The molecule has 2 nitrogen and oxygen atoms in total. The van der Waals surface area contributed by atoms with Crippen LogP contribution < -0.4 is 0 Å².